The van der Waals surface area contributed by atoms with Gasteiger partial charge in [-0.25, -0.2) is 0 Å². The molecule has 0 aromatic heterocycles. The van der Waals surface area contributed by atoms with Crippen molar-refractivity contribution in [1.29, 1.82) is 0 Å². The van der Waals surface area contributed by atoms with E-state index in [1.165, 1.54) is 7.11 Å². The first-order valence-electron chi connectivity index (χ1n) is 6.23. The maximum atomic E-state index is 12.5. The molecule has 0 radical (unpaired) electrons. The number of rotatable bonds is 3. The summed E-state index contributed by atoms with van der Waals surface area (Å²) in [7, 11) is 1.47. The summed E-state index contributed by atoms with van der Waals surface area (Å²) in [5.41, 5.74) is -0.485. The first-order valence-corrected chi connectivity index (χ1v) is 6.61. The van der Waals surface area contributed by atoms with Crippen molar-refractivity contribution in [2.75, 3.05) is 20.2 Å². The van der Waals surface area contributed by atoms with Gasteiger partial charge < -0.3 is 14.7 Å². The van der Waals surface area contributed by atoms with Crippen molar-refractivity contribution >= 4 is 23.5 Å². The lowest BCUT2D eigenvalue weighted by atomic mass is 9.90. The number of hydrogen-bond acceptors (Lipinski definition) is 3. The molecule has 20 heavy (non-hydrogen) atoms. The second-order valence-corrected chi connectivity index (χ2v) is 5.62. The average molecular weight is 298 g/mol. The third-order valence-electron chi connectivity index (χ3n) is 3.67. The summed E-state index contributed by atoms with van der Waals surface area (Å²) in [6, 6.07) is 4.78. The van der Waals surface area contributed by atoms with Crippen LogP contribution in [0.2, 0.25) is 5.02 Å². The first-order chi connectivity index (χ1) is 9.37. The van der Waals surface area contributed by atoms with Crippen molar-refractivity contribution in [1.82, 2.24) is 4.90 Å². The molecule has 1 aromatic rings. The normalized spacial score (nSPS) is 21.9. The molecule has 5 nitrogen and oxygen atoms in total. The molecule has 2 rings (SSSR count). The number of aliphatic carboxylic acids is 1. The summed E-state index contributed by atoms with van der Waals surface area (Å²) in [5, 5.41) is 9.68. The van der Waals surface area contributed by atoms with Crippen LogP contribution in [-0.4, -0.2) is 42.1 Å². The van der Waals surface area contributed by atoms with Crippen molar-refractivity contribution in [3.05, 3.63) is 28.8 Å². The van der Waals surface area contributed by atoms with Gasteiger partial charge in [0.25, 0.3) is 5.91 Å². The minimum absolute atomic E-state index is 0.201. The second-order valence-electron chi connectivity index (χ2n) is 5.19. The summed E-state index contributed by atoms with van der Waals surface area (Å²) in [4.78, 5) is 25.2. The Hall–Kier alpha value is -1.75. The van der Waals surface area contributed by atoms with Crippen molar-refractivity contribution in [2.24, 2.45) is 5.41 Å². The Morgan fingerprint density at radius 3 is 2.70 bits per heavy atom. The predicted molar refractivity (Wildman–Crippen MR) is 74.3 cm³/mol. The van der Waals surface area contributed by atoms with Crippen LogP contribution in [0.4, 0.5) is 0 Å². The number of nitrogens with zero attached hydrogens (tertiary/aromatic N) is 1. The van der Waals surface area contributed by atoms with Crippen LogP contribution in [0.15, 0.2) is 18.2 Å². The highest BCUT2D eigenvalue weighted by Crippen LogP contribution is 2.32. The minimum Gasteiger partial charge on any atom is -0.496 e. The van der Waals surface area contributed by atoms with Crippen LogP contribution >= 0.6 is 11.6 Å². The van der Waals surface area contributed by atoms with E-state index in [4.69, 9.17) is 16.3 Å². The third-order valence-corrected chi connectivity index (χ3v) is 3.91. The number of methoxy groups -OCH3 is 1. The number of likely N-dealkylation sites (tertiary alicyclic amines) is 1. The minimum atomic E-state index is -0.880. The van der Waals surface area contributed by atoms with Crippen LogP contribution in [0.3, 0.4) is 0 Å². The molecule has 1 amide bonds. The van der Waals surface area contributed by atoms with Crippen molar-refractivity contribution in [2.45, 2.75) is 13.3 Å². The maximum absolute atomic E-state index is 12.5. The number of carboxylic acids is 1. The predicted octanol–water partition coefficient (Wildman–Crippen LogP) is 2.29. The van der Waals surface area contributed by atoms with E-state index in [9.17, 15) is 14.7 Å². The van der Waals surface area contributed by atoms with Gasteiger partial charge in [-0.05, 0) is 31.5 Å². The summed E-state index contributed by atoms with van der Waals surface area (Å²) < 4.78 is 5.16. The number of halogens is 1. The lowest BCUT2D eigenvalue weighted by Crippen LogP contribution is -2.35. The first kappa shape index (κ1) is 14.7. The Morgan fingerprint density at radius 2 is 2.15 bits per heavy atom. The molecule has 1 fully saturated rings. The van der Waals surface area contributed by atoms with E-state index in [0.717, 1.165) is 0 Å². The van der Waals surface area contributed by atoms with E-state index in [-0.39, 0.29) is 12.5 Å². The van der Waals surface area contributed by atoms with Crippen LogP contribution in [0, 0.1) is 5.41 Å². The highest BCUT2D eigenvalue weighted by molar-refractivity contribution is 6.30. The molecule has 1 aliphatic heterocycles. The summed E-state index contributed by atoms with van der Waals surface area (Å²) >= 11 is 5.86. The van der Waals surface area contributed by atoms with E-state index in [1.807, 2.05) is 0 Å². The number of carbonyl (C=O) groups excluding carboxylic acids is 1. The van der Waals surface area contributed by atoms with E-state index < -0.39 is 11.4 Å². The van der Waals surface area contributed by atoms with Gasteiger partial charge in [0.05, 0.1) is 18.1 Å². The molecule has 108 valence electrons. The zero-order valence-corrected chi connectivity index (χ0v) is 12.1. The molecule has 0 aliphatic carbocycles. The molecule has 1 atom stereocenters. The van der Waals surface area contributed by atoms with Crippen LogP contribution < -0.4 is 4.74 Å². The van der Waals surface area contributed by atoms with Crippen molar-refractivity contribution in [3.63, 3.8) is 0 Å². The largest absolute Gasteiger partial charge is 0.496 e. The molecular formula is C14H16ClNO4. The highest BCUT2D eigenvalue weighted by atomic mass is 35.5. The van der Waals surface area contributed by atoms with Gasteiger partial charge >= 0.3 is 5.97 Å². The van der Waals surface area contributed by atoms with Crippen molar-refractivity contribution < 1.29 is 19.4 Å². The van der Waals surface area contributed by atoms with Crippen molar-refractivity contribution in [3.8, 4) is 5.75 Å². The summed E-state index contributed by atoms with van der Waals surface area (Å²) in [6.45, 7) is 2.28. The standard InChI is InChI=1S/C14H16ClNO4/c1-14(13(18)19)5-6-16(8-14)12(17)10-4-3-9(15)7-11(10)20-2/h3-4,7H,5-6,8H2,1-2H3,(H,18,19)/t14-/m1/s1. The lowest BCUT2D eigenvalue weighted by Gasteiger charge is -2.21. The number of benzene rings is 1. The van der Waals surface area contributed by atoms with Gasteiger partial charge in [0.1, 0.15) is 5.75 Å². The van der Waals surface area contributed by atoms with Gasteiger partial charge in [-0.1, -0.05) is 11.6 Å². The molecule has 1 heterocycles. The molecule has 1 saturated heterocycles. The van der Waals surface area contributed by atoms with Crippen LogP contribution in [0.5, 0.6) is 5.75 Å². The fraction of sp³-hybridized carbons (Fsp3) is 0.429. The smallest absolute Gasteiger partial charge is 0.311 e. The fourth-order valence-corrected chi connectivity index (χ4v) is 2.48. The number of carbonyl (C=O) groups is 2. The highest BCUT2D eigenvalue weighted by Gasteiger charge is 2.42. The molecule has 1 aromatic carbocycles. The Kier molecular flexibility index (Phi) is 3.90. The molecule has 1 aliphatic rings. The van der Waals surface area contributed by atoms with Gasteiger partial charge in [0.2, 0.25) is 0 Å². The summed E-state index contributed by atoms with van der Waals surface area (Å²) in [5.74, 6) is -0.717. The van der Waals surface area contributed by atoms with E-state index in [0.29, 0.717) is 29.3 Å². The molecule has 6 heteroatoms. The van der Waals surface area contributed by atoms with E-state index in [1.54, 1.807) is 30.0 Å². The monoisotopic (exact) mass is 297 g/mol. The number of ether oxygens (including phenoxy) is 1. The quantitative estimate of drug-likeness (QED) is 0.929. The SMILES string of the molecule is COc1cc(Cl)ccc1C(=O)N1CC[C@@](C)(C(=O)O)C1. The molecule has 0 bridgehead atoms. The van der Waals surface area contributed by atoms with Gasteiger partial charge in [0, 0.05) is 18.1 Å². The number of hydrogen-bond donors (Lipinski definition) is 1. The van der Waals surface area contributed by atoms with Gasteiger partial charge in [0.15, 0.2) is 0 Å². The molecule has 0 spiro atoms. The number of carboxylic acid groups (broad SMARTS) is 1. The fourth-order valence-electron chi connectivity index (χ4n) is 2.32. The van der Waals surface area contributed by atoms with Gasteiger partial charge in [-0.15, -0.1) is 0 Å². The third kappa shape index (κ3) is 2.58. The molecule has 0 saturated carbocycles. The second kappa shape index (κ2) is 5.32. The Morgan fingerprint density at radius 1 is 1.45 bits per heavy atom. The number of amides is 1. The average Bonchev–Trinajstić information content (AvgIpc) is 2.82. The summed E-state index contributed by atoms with van der Waals surface area (Å²) in [6.07, 6.45) is 0.448. The topological polar surface area (TPSA) is 66.8 Å². The molecular weight excluding hydrogens is 282 g/mol. The molecule has 0 unspecified atom stereocenters. The zero-order valence-electron chi connectivity index (χ0n) is 11.4. The maximum Gasteiger partial charge on any atom is 0.311 e. The zero-order chi connectivity index (χ0) is 14.9. The van der Waals surface area contributed by atoms with E-state index in [2.05, 4.69) is 0 Å². The van der Waals surface area contributed by atoms with E-state index >= 15 is 0 Å². The Balaban J connectivity index is 2.23. The Bertz CT molecular complexity index is 560. The van der Waals surface area contributed by atoms with Crippen LogP contribution in [0.25, 0.3) is 0 Å². The van der Waals surface area contributed by atoms with Gasteiger partial charge in [-0.2, -0.15) is 0 Å². The van der Waals surface area contributed by atoms with Crippen LogP contribution in [0.1, 0.15) is 23.7 Å². The van der Waals surface area contributed by atoms with Gasteiger partial charge in [-0.3, -0.25) is 9.59 Å². The van der Waals surface area contributed by atoms with Crippen LogP contribution in [-0.2, 0) is 4.79 Å². The Labute approximate surface area is 122 Å². The molecule has 1 N–H and O–H groups in total. The lowest BCUT2D eigenvalue weighted by molar-refractivity contribution is -0.147.